The summed E-state index contributed by atoms with van der Waals surface area (Å²) < 4.78 is 21.5. The first-order valence-corrected chi connectivity index (χ1v) is 9.60. The van der Waals surface area contributed by atoms with Crippen molar-refractivity contribution in [1.29, 1.82) is 0 Å². The number of hydrogen-bond acceptors (Lipinski definition) is 6. The quantitative estimate of drug-likeness (QED) is 0.191. The second kappa shape index (κ2) is 15.1. The maximum absolute atomic E-state index is 12.4. The van der Waals surface area contributed by atoms with E-state index in [1.54, 1.807) is 0 Å². The van der Waals surface area contributed by atoms with Crippen molar-refractivity contribution in [3.05, 3.63) is 0 Å². The average Bonchev–Trinajstić information content (AvgIpc) is 2.57. The number of rotatable bonds is 15. The standard InChI is InChI=1S/C19H36O6/c1-6-10-12-15(5)24-18(20)16(11-7-2)19(21)25-17(23-9-4)13-14-22-8-3/h15-17H,6-14H2,1-5H3. The van der Waals surface area contributed by atoms with Crippen LogP contribution in [-0.4, -0.2) is 44.2 Å². The molecule has 0 spiro atoms. The van der Waals surface area contributed by atoms with E-state index in [1.165, 1.54) is 0 Å². The molecule has 0 aliphatic rings. The highest BCUT2D eigenvalue weighted by Crippen LogP contribution is 2.16. The smallest absolute Gasteiger partial charge is 0.322 e. The van der Waals surface area contributed by atoms with Crippen molar-refractivity contribution in [2.45, 2.75) is 85.5 Å². The molecular formula is C19H36O6. The molecule has 25 heavy (non-hydrogen) atoms. The van der Waals surface area contributed by atoms with E-state index in [2.05, 4.69) is 6.92 Å². The van der Waals surface area contributed by atoms with Crippen LogP contribution in [0.15, 0.2) is 0 Å². The maximum atomic E-state index is 12.4. The highest BCUT2D eigenvalue weighted by molar-refractivity contribution is 5.95. The molecule has 0 fully saturated rings. The Bertz CT molecular complexity index is 358. The lowest BCUT2D eigenvalue weighted by Crippen LogP contribution is -2.34. The molecule has 0 aromatic rings. The number of ether oxygens (including phenoxy) is 4. The van der Waals surface area contributed by atoms with Crippen LogP contribution in [0.4, 0.5) is 0 Å². The molecule has 0 aliphatic heterocycles. The van der Waals surface area contributed by atoms with E-state index in [4.69, 9.17) is 18.9 Å². The summed E-state index contributed by atoms with van der Waals surface area (Å²) in [5, 5.41) is 0. The lowest BCUT2D eigenvalue weighted by molar-refractivity contribution is -0.190. The Hall–Kier alpha value is -1.14. The van der Waals surface area contributed by atoms with Crippen molar-refractivity contribution in [2.24, 2.45) is 5.92 Å². The van der Waals surface area contributed by atoms with Crippen LogP contribution in [0.5, 0.6) is 0 Å². The molecule has 0 saturated heterocycles. The minimum absolute atomic E-state index is 0.194. The van der Waals surface area contributed by atoms with Crippen LogP contribution in [0.25, 0.3) is 0 Å². The molecule has 0 saturated carbocycles. The first kappa shape index (κ1) is 23.9. The van der Waals surface area contributed by atoms with Gasteiger partial charge in [0, 0.05) is 19.6 Å². The normalized spacial score (nSPS) is 14.6. The summed E-state index contributed by atoms with van der Waals surface area (Å²) in [6, 6.07) is 0. The summed E-state index contributed by atoms with van der Waals surface area (Å²) in [7, 11) is 0. The Kier molecular flexibility index (Phi) is 14.5. The molecule has 0 bridgehead atoms. The van der Waals surface area contributed by atoms with Crippen molar-refractivity contribution < 1.29 is 28.5 Å². The third-order valence-corrected chi connectivity index (χ3v) is 3.73. The van der Waals surface area contributed by atoms with Gasteiger partial charge in [0.2, 0.25) is 6.29 Å². The molecule has 3 unspecified atom stereocenters. The zero-order valence-corrected chi connectivity index (χ0v) is 16.5. The molecule has 0 aromatic carbocycles. The Labute approximate surface area is 152 Å². The van der Waals surface area contributed by atoms with Gasteiger partial charge in [-0.15, -0.1) is 0 Å². The zero-order valence-electron chi connectivity index (χ0n) is 16.5. The Balaban J connectivity index is 4.68. The minimum atomic E-state index is -0.899. The molecule has 0 rings (SSSR count). The molecule has 0 heterocycles. The first-order valence-electron chi connectivity index (χ1n) is 9.60. The fourth-order valence-electron chi connectivity index (χ4n) is 2.35. The summed E-state index contributed by atoms with van der Waals surface area (Å²) in [5.41, 5.74) is 0. The maximum Gasteiger partial charge on any atom is 0.322 e. The van der Waals surface area contributed by atoms with Gasteiger partial charge in [-0.3, -0.25) is 9.59 Å². The van der Waals surface area contributed by atoms with Crippen LogP contribution >= 0.6 is 0 Å². The molecule has 0 radical (unpaired) electrons. The zero-order chi connectivity index (χ0) is 19.1. The van der Waals surface area contributed by atoms with Gasteiger partial charge < -0.3 is 18.9 Å². The van der Waals surface area contributed by atoms with E-state index in [1.807, 2.05) is 27.7 Å². The summed E-state index contributed by atoms with van der Waals surface area (Å²) >= 11 is 0. The summed E-state index contributed by atoms with van der Waals surface area (Å²) in [6.07, 6.45) is 3.47. The molecule has 0 aromatic heterocycles. The minimum Gasteiger partial charge on any atom is -0.462 e. The number of carbonyl (C=O) groups excluding carboxylic acids is 2. The van der Waals surface area contributed by atoms with Gasteiger partial charge in [0.15, 0.2) is 5.92 Å². The SMILES string of the molecule is CCCCC(C)OC(=O)C(CCC)C(=O)OC(CCOCC)OCC. The van der Waals surface area contributed by atoms with Crippen molar-refractivity contribution >= 4 is 11.9 Å². The molecular weight excluding hydrogens is 324 g/mol. The lowest BCUT2D eigenvalue weighted by Gasteiger charge is -2.22. The molecule has 148 valence electrons. The van der Waals surface area contributed by atoms with Crippen LogP contribution in [0.1, 0.15) is 73.1 Å². The van der Waals surface area contributed by atoms with Gasteiger partial charge in [-0.2, -0.15) is 0 Å². The highest BCUT2D eigenvalue weighted by atomic mass is 16.7. The Morgan fingerprint density at radius 3 is 2.08 bits per heavy atom. The van der Waals surface area contributed by atoms with E-state index in [-0.39, 0.29) is 6.10 Å². The number of unbranched alkanes of at least 4 members (excludes halogenated alkanes) is 1. The topological polar surface area (TPSA) is 71.1 Å². The fraction of sp³-hybridized carbons (Fsp3) is 0.895. The molecule has 6 heteroatoms. The van der Waals surface area contributed by atoms with E-state index in [9.17, 15) is 9.59 Å². The van der Waals surface area contributed by atoms with Gasteiger partial charge in [0.1, 0.15) is 0 Å². The van der Waals surface area contributed by atoms with Gasteiger partial charge >= 0.3 is 11.9 Å². The van der Waals surface area contributed by atoms with Crippen molar-refractivity contribution in [3.8, 4) is 0 Å². The Morgan fingerprint density at radius 2 is 1.52 bits per heavy atom. The second-order valence-corrected chi connectivity index (χ2v) is 6.04. The van der Waals surface area contributed by atoms with Crippen LogP contribution in [0.2, 0.25) is 0 Å². The predicted octanol–water partition coefficient (Wildman–Crippen LogP) is 3.86. The van der Waals surface area contributed by atoms with E-state index in [0.29, 0.717) is 39.1 Å². The van der Waals surface area contributed by atoms with Crippen LogP contribution < -0.4 is 0 Å². The summed E-state index contributed by atoms with van der Waals surface area (Å²) in [6.45, 7) is 11.0. The van der Waals surface area contributed by atoms with E-state index in [0.717, 1.165) is 19.3 Å². The van der Waals surface area contributed by atoms with E-state index < -0.39 is 24.1 Å². The van der Waals surface area contributed by atoms with Gasteiger partial charge in [-0.05, 0) is 33.6 Å². The summed E-state index contributed by atoms with van der Waals surface area (Å²) in [4.78, 5) is 24.8. The second-order valence-electron chi connectivity index (χ2n) is 6.04. The van der Waals surface area contributed by atoms with Gasteiger partial charge in [0.25, 0.3) is 0 Å². The van der Waals surface area contributed by atoms with Crippen molar-refractivity contribution in [3.63, 3.8) is 0 Å². The molecule has 6 nitrogen and oxygen atoms in total. The van der Waals surface area contributed by atoms with Gasteiger partial charge in [0.05, 0.1) is 12.7 Å². The Morgan fingerprint density at radius 1 is 0.840 bits per heavy atom. The van der Waals surface area contributed by atoms with Crippen LogP contribution in [0, 0.1) is 5.92 Å². The molecule has 3 atom stereocenters. The molecule has 0 amide bonds. The third-order valence-electron chi connectivity index (χ3n) is 3.73. The van der Waals surface area contributed by atoms with Crippen LogP contribution in [-0.2, 0) is 28.5 Å². The number of esters is 2. The van der Waals surface area contributed by atoms with E-state index >= 15 is 0 Å². The highest BCUT2D eigenvalue weighted by Gasteiger charge is 2.32. The largest absolute Gasteiger partial charge is 0.462 e. The number of hydrogen-bond donors (Lipinski definition) is 0. The van der Waals surface area contributed by atoms with Crippen molar-refractivity contribution in [1.82, 2.24) is 0 Å². The lowest BCUT2D eigenvalue weighted by atomic mass is 10.0. The van der Waals surface area contributed by atoms with Crippen molar-refractivity contribution in [2.75, 3.05) is 19.8 Å². The first-order chi connectivity index (χ1) is 12.0. The summed E-state index contributed by atoms with van der Waals surface area (Å²) in [5.74, 6) is -1.98. The number of carbonyl (C=O) groups is 2. The van der Waals surface area contributed by atoms with Crippen LogP contribution in [0.3, 0.4) is 0 Å². The predicted molar refractivity (Wildman–Crippen MR) is 96.1 cm³/mol. The fourth-order valence-corrected chi connectivity index (χ4v) is 2.35. The third kappa shape index (κ3) is 11.2. The van der Waals surface area contributed by atoms with Gasteiger partial charge in [-0.25, -0.2) is 0 Å². The van der Waals surface area contributed by atoms with Gasteiger partial charge in [-0.1, -0.05) is 33.1 Å². The molecule has 0 N–H and O–H groups in total. The molecule has 0 aliphatic carbocycles. The average molecular weight is 360 g/mol. The monoisotopic (exact) mass is 360 g/mol.